The summed E-state index contributed by atoms with van der Waals surface area (Å²) >= 11 is 0. The Morgan fingerprint density at radius 2 is 1.41 bits per heavy atom. The molecule has 3 aliphatic carbocycles. The highest BCUT2D eigenvalue weighted by Gasteiger charge is 2.24. The highest BCUT2D eigenvalue weighted by atomic mass is 16.5. The number of hydrogen-bond donors (Lipinski definition) is 0. The fraction of sp³-hybridized carbons (Fsp3) is 0.720. The van der Waals surface area contributed by atoms with E-state index in [1.807, 2.05) is 19.1 Å². The molecular formula is C25H38O2. The van der Waals surface area contributed by atoms with Crippen molar-refractivity contribution in [3.05, 3.63) is 29.3 Å². The van der Waals surface area contributed by atoms with Crippen LogP contribution in [0.5, 0.6) is 5.75 Å². The zero-order valence-electron chi connectivity index (χ0n) is 17.3. The molecule has 0 amide bonds. The average Bonchev–Trinajstić information content (AvgIpc) is 2.64. The molecule has 4 rings (SSSR count). The predicted molar refractivity (Wildman–Crippen MR) is 113 cm³/mol. The minimum atomic E-state index is 0.337. The van der Waals surface area contributed by atoms with Gasteiger partial charge in [-0.2, -0.15) is 0 Å². The van der Waals surface area contributed by atoms with Gasteiger partial charge in [0.15, 0.2) is 0 Å². The van der Waals surface area contributed by atoms with Gasteiger partial charge < -0.3 is 4.74 Å². The molecule has 0 spiro atoms. The summed E-state index contributed by atoms with van der Waals surface area (Å²) in [5.41, 5.74) is 1.79. The fourth-order valence-electron chi connectivity index (χ4n) is 5.18. The van der Waals surface area contributed by atoms with Crippen molar-refractivity contribution in [1.82, 2.24) is 0 Å². The number of aryl methyl sites for hydroxylation is 1. The first-order valence-corrected chi connectivity index (χ1v) is 11.5. The maximum Gasteiger partial charge on any atom is 0.150 e. The van der Waals surface area contributed by atoms with E-state index in [1.54, 1.807) is 0 Å². The summed E-state index contributed by atoms with van der Waals surface area (Å²) in [6.45, 7) is 2.00. The maximum atomic E-state index is 11.1. The van der Waals surface area contributed by atoms with E-state index in [0.29, 0.717) is 12.0 Å². The van der Waals surface area contributed by atoms with Crippen LogP contribution < -0.4 is 4.74 Å². The molecular weight excluding hydrogens is 332 g/mol. The van der Waals surface area contributed by atoms with Gasteiger partial charge in [0.25, 0.3) is 0 Å². The molecule has 0 heterocycles. The van der Waals surface area contributed by atoms with Crippen molar-refractivity contribution in [1.29, 1.82) is 0 Å². The Hall–Kier alpha value is -1.31. The lowest BCUT2D eigenvalue weighted by molar-refractivity contribution is 0.103. The first-order valence-electron chi connectivity index (χ1n) is 11.5. The van der Waals surface area contributed by atoms with Crippen LogP contribution in [0, 0.1) is 18.8 Å². The molecule has 0 aromatic heterocycles. The molecule has 0 aliphatic heterocycles. The quantitative estimate of drug-likeness (QED) is 0.523. The van der Waals surface area contributed by atoms with Gasteiger partial charge in [0, 0.05) is 5.56 Å². The number of carbonyl (C=O) groups is 1. The Morgan fingerprint density at radius 3 is 2.04 bits per heavy atom. The monoisotopic (exact) mass is 370 g/mol. The van der Waals surface area contributed by atoms with Crippen LogP contribution in [-0.2, 0) is 0 Å². The number of hydrogen-bond acceptors (Lipinski definition) is 2. The van der Waals surface area contributed by atoms with Crippen LogP contribution >= 0.6 is 0 Å². The molecule has 1 atom stereocenters. The van der Waals surface area contributed by atoms with E-state index >= 15 is 0 Å². The number of ether oxygens (including phenoxy) is 1. The van der Waals surface area contributed by atoms with Gasteiger partial charge in [-0.1, -0.05) is 64.2 Å². The number of aldehydes is 1. The molecule has 1 aromatic carbocycles. The summed E-state index contributed by atoms with van der Waals surface area (Å²) < 4.78 is 6.58. The molecule has 1 aromatic rings. The van der Waals surface area contributed by atoms with E-state index in [0.717, 1.165) is 29.1 Å². The summed E-state index contributed by atoms with van der Waals surface area (Å²) in [6, 6.07) is 5.95. The van der Waals surface area contributed by atoms with E-state index in [2.05, 4.69) is 6.07 Å². The predicted octanol–water partition coefficient (Wildman–Crippen LogP) is 7.28. The molecule has 0 radical (unpaired) electrons. The van der Waals surface area contributed by atoms with Crippen molar-refractivity contribution in [3.8, 4) is 5.75 Å². The smallest absolute Gasteiger partial charge is 0.150 e. The molecule has 1 unspecified atom stereocenters. The van der Waals surface area contributed by atoms with E-state index in [4.69, 9.17) is 4.74 Å². The zero-order chi connectivity index (χ0) is 18.9. The molecule has 2 heteroatoms. The second kappa shape index (κ2) is 10.9. The SMILES string of the molecule is Cc1cc(OC2CCCCC3CCCCCC2CCCCC3)ccc1C=O. The summed E-state index contributed by atoms with van der Waals surface area (Å²) in [4.78, 5) is 11.1. The van der Waals surface area contributed by atoms with Crippen LogP contribution in [-0.4, -0.2) is 12.4 Å². The van der Waals surface area contributed by atoms with Gasteiger partial charge in [-0.3, -0.25) is 4.79 Å². The van der Waals surface area contributed by atoms with Gasteiger partial charge in [-0.25, -0.2) is 0 Å². The maximum absolute atomic E-state index is 11.1. The summed E-state index contributed by atoms with van der Waals surface area (Å²) in [6.07, 6.45) is 20.5. The van der Waals surface area contributed by atoms with Crippen molar-refractivity contribution >= 4 is 6.29 Å². The van der Waals surface area contributed by atoms with Crippen molar-refractivity contribution in [2.24, 2.45) is 11.8 Å². The molecule has 27 heavy (non-hydrogen) atoms. The molecule has 2 nitrogen and oxygen atoms in total. The molecule has 150 valence electrons. The highest BCUT2D eigenvalue weighted by molar-refractivity contribution is 5.77. The first kappa shape index (κ1) is 20.4. The van der Waals surface area contributed by atoms with Crippen molar-refractivity contribution in [2.45, 2.75) is 103 Å². The topological polar surface area (TPSA) is 26.3 Å². The fourth-order valence-corrected chi connectivity index (χ4v) is 5.18. The third kappa shape index (κ3) is 6.36. The minimum Gasteiger partial charge on any atom is -0.490 e. The number of fused-ring (bicyclic) bond motifs is 12. The number of benzene rings is 1. The second-order valence-electron chi connectivity index (χ2n) is 8.98. The summed E-state index contributed by atoms with van der Waals surface area (Å²) in [5, 5.41) is 0. The lowest BCUT2D eigenvalue weighted by atomic mass is 9.82. The van der Waals surface area contributed by atoms with E-state index in [9.17, 15) is 4.79 Å². The van der Waals surface area contributed by atoms with Crippen molar-refractivity contribution in [3.63, 3.8) is 0 Å². The molecule has 0 saturated heterocycles. The van der Waals surface area contributed by atoms with Gasteiger partial charge in [0.05, 0.1) is 0 Å². The standard InChI is InChI=1S/C25H38O2/c1-20-18-24(17-16-23(20)19-26)27-25-15-9-8-12-21-10-4-2-6-13-22(25)14-7-3-5-11-21/h16-19,21-22,25H,2-15H2,1H3. The third-order valence-corrected chi connectivity index (χ3v) is 6.91. The first-order chi connectivity index (χ1) is 13.3. The van der Waals surface area contributed by atoms with Gasteiger partial charge in [0.2, 0.25) is 0 Å². The van der Waals surface area contributed by atoms with Crippen LogP contribution in [0.25, 0.3) is 0 Å². The molecule has 3 saturated carbocycles. The van der Waals surface area contributed by atoms with Crippen LogP contribution in [0.4, 0.5) is 0 Å². The Balaban J connectivity index is 1.74. The Morgan fingerprint density at radius 1 is 0.815 bits per heavy atom. The van der Waals surface area contributed by atoms with Crippen LogP contribution in [0.15, 0.2) is 18.2 Å². The molecule has 3 aliphatic rings. The van der Waals surface area contributed by atoms with E-state index in [-0.39, 0.29) is 0 Å². The van der Waals surface area contributed by atoms with Crippen molar-refractivity contribution in [2.75, 3.05) is 0 Å². The zero-order valence-corrected chi connectivity index (χ0v) is 17.3. The van der Waals surface area contributed by atoms with E-state index < -0.39 is 0 Å². The van der Waals surface area contributed by atoms with Crippen LogP contribution in [0.3, 0.4) is 0 Å². The Bertz CT molecular complexity index is 566. The van der Waals surface area contributed by atoms with Gasteiger partial charge in [-0.05, 0) is 68.2 Å². The van der Waals surface area contributed by atoms with Gasteiger partial charge in [-0.15, -0.1) is 0 Å². The molecule has 3 fully saturated rings. The Kier molecular flexibility index (Phi) is 8.23. The largest absolute Gasteiger partial charge is 0.490 e. The number of carbonyl (C=O) groups excluding carboxylic acids is 1. The third-order valence-electron chi connectivity index (χ3n) is 6.91. The summed E-state index contributed by atoms with van der Waals surface area (Å²) in [5.74, 6) is 2.61. The van der Waals surface area contributed by atoms with Gasteiger partial charge >= 0.3 is 0 Å². The van der Waals surface area contributed by atoms with E-state index in [1.165, 1.54) is 89.9 Å². The minimum absolute atomic E-state index is 0.337. The van der Waals surface area contributed by atoms with Crippen LogP contribution in [0.1, 0.15) is 106 Å². The number of rotatable bonds is 3. The average molecular weight is 371 g/mol. The Labute approximate surface area is 166 Å². The lowest BCUT2D eigenvalue weighted by Gasteiger charge is -2.30. The molecule has 2 bridgehead atoms. The van der Waals surface area contributed by atoms with Crippen LogP contribution in [0.2, 0.25) is 0 Å². The highest BCUT2D eigenvalue weighted by Crippen LogP contribution is 2.33. The summed E-state index contributed by atoms with van der Waals surface area (Å²) in [7, 11) is 0. The lowest BCUT2D eigenvalue weighted by Crippen LogP contribution is -2.28. The van der Waals surface area contributed by atoms with Crippen molar-refractivity contribution < 1.29 is 9.53 Å². The molecule has 0 N–H and O–H groups in total. The second-order valence-corrected chi connectivity index (χ2v) is 8.98. The van der Waals surface area contributed by atoms with Gasteiger partial charge in [0.1, 0.15) is 18.1 Å². The normalized spacial score (nSPS) is 28.1.